The van der Waals surface area contributed by atoms with Gasteiger partial charge in [0.05, 0.1) is 0 Å². The van der Waals surface area contributed by atoms with E-state index in [1.807, 2.05) is 30.3 Å². The third-order valence-electron chi connectivity index (χ3n) is 0.607. The fraction of sp³-hybridized carbons (Fsp3) is 0. The summed E-state index contributed by atoms with van der Waals surface area (Å²) in [6.45, 7) is 0. The molecule has 2 heteroatoms. The Morgan fingerprint density at radius 1 is 0.875 bits per heavy atom. The van der Waals surface area contributed by atoms with Crippen LogP contribution in [0.1, 0.15) is 0 Å². The second-order valence-corrected chi connectivity index (χ2v) is 1.08. The monoisotopic (exact) mass is 244 g/mol. The van der Waals surface area contributed by atoms with Crippen molar-refractivity contribution >= 4 is 37.7 Å². The smallest absolute Gasteiger partial charge is 1.00 e. The van der Waals surface area contributed by atoms with Crippen LogP contribution in [0.5, 0.6) is 0 Å². The summed E-state index contributed by atoms with van der Waals surface area (Å²) in [5, 5.41) is 0. The summed E-state index contributed by atoms with van der Waals surface area (Å²) >= 11 is 0. The number of rotatable bonds is 0. The minimum Gasteiger partial charge on any atom is -1.00 e. The van der Waals surface area contributed by atoms with Gasteiger partial charge in [-0.3, -0.25) is 0 Å². The molecule has 0 N–H and O–H groups in total. The molecule has 0 saturated heterocycles. The predicted molar refractivity (Wildman–Crippen MR) is 31.0 cm³/mol. The molecular weight excluding hydrogens is 239 g/mol. The summed E-state index contributed by atoms with van der Waals surface area (Å²) in [6, 6.07) is 12.5. The SMILES string of the molecule is [Ca+2].[I-].[c-]1ccccc1. The largest absolute Gasteiger partial charge is 2.00 e. The molecule has 0 atom stereocenters. The minimum atomic E-state index is 0. The molecule has 1 aromatic carbocycles. The molecule has 1 rings (SSSR count). The Morgan fingerprint density at radius 2 is 1.38 bits per heavy atom. The van der Waals surface area contributed by atoms with Gasteiger partial charge in [-0.2, -0.15) is 36.4 Å². The van der Waals surface area contributed by atoms with Gasteiger partial charge >= 0.3 is 37.7 Å². The first-order chi connectivity index (χ1) is 3.00. The molecule has 0 aromatic heterocycles. The van der Waals surface area contributed by atoms with Crippen molar-refractivity contribution in [3.63, 3.8) is 0 Å². The van der Waals surface area contributed by atoms with Crippen molar-refractivity contribution in [1.82, 2.24) is 0 Å². The van der Waals surface area contributed by atoms with Gasteiger partial charge in [-0.1, -0.05) is 0 Å². The molecule has 38 valence electrons. The summed E-state index contributed by atoms with van der Waals surface area (Å²) in [4.78, 5) is 0. The summed E-state index contributed by atoms with van der Waals surface area (Å²) in [5.41, 5.74) is 0. The number of halogens is 1. The van der Waals surface area contributed by atoms with E-state index in [0.717, 1.165) is 0 Å². The van der Waals surface area contributed by atoms with Crippen molar-refractivity contribution in [2.24, 2.45) is 0 Å². The van der Waals surface area contributed by atoms with Crippen LogP contribution in [0, 0.1) is 6.07 Å². The van der Waals surface area contributed by atoms with Gasteiger partial charge in [0.25, 0.3) is 0 Å². The normalized spacial score (nSPS) is 6.00. The van der Waals surface area contributed by atoms with E-state index in [4.69, 9.17) is 0 Å². The van der Waals surface area contributed by atoms with E-state index < -0.39 is 0 Å². The molecule has 0 fully saturated rings. The van der Waals surface area contributed by atoms with E-state index in [0.29, 0.717) is 0 Å². The van der Waals surface area contributed by atoms with Crippen molar-refractivity contribution in [1.29, 1.82) is 0 Å². The zero-order chi connectivity index (χ0) is 4.24. The first kappa shape index (κ1) is 11.9. The van der Waals surface area contributed by atoms with Gasteiger partial charge in [-0.15, -0.1) is 0 Å². The number of hydrogen-bond acceptors (Lipinski definition) is 0. The Labute approximate surface area is 96.7 Å². The van der Waals surface area contributed by atoms with Crippen molar-refractivity contribution in [3.05, 3.63) is 36.4 Å². The zero-order valence-corrected chi connectivity index (χ0v) is 8.84. The van der Waals surface area contributed by atoms with Gasteiger partial charge in [0.15, 0.2) is 0 Å². The average molecular weight is 244 g/mol. The Morgan fingerprint density at radius 3 is 1.50 bits per heavy atom. The van der Waals surface area contributed by atoms with Gasteiger partial charge in [0.1, 0.15) is 0 Å². The predicted octanol–water partition coefficient (Wildman–Crippen LogP) is -1.89. The second kappa shape index (κ2) is 8.21. The molecule has 0 nitrogen and oxygen atoms in total. The van der Waals surface area contributed by atoms with Gasteiger partial charge in [0.2, 0.25) is 0 Å². The standard InChI is InChI=1S/C6H5.Ca.HI/c1-2-4-6-5-3-1;;/h1-5H;;1H/q-1;+2;/p-1. The summed E-state index contributed by atoms with van der Waals surface area (Å²) in [5.74, 6) is 0. The molecule has 1 aromatic rings. The van der Waals surface area contributed by atoms with E-state index in [1.165, 1.54) is 0 Å². The molecule has 0 radical (unpaired) electrons. The van der Waals surface area contributed by atoms with Crippen LogP contribution in [0.15, 0.2) is 30.3 Å². The molecule has 0 amide bonds. The Hall–Kier alpha value is 1.21. The third kappa shape index (κ3) is 5.35. The molecule has 0 aliphatic rings. The van der Waals surface area contributed by atoms with Crippen LogP contribution in [0.2, 0.25) is 0 Å². The third-order valence-corrected chi connectivity index (χ3v) is 0.607. The van der Waals surface area contributed by atoms with Crippen LogP contribution in [-0.4, -0.2) is 37.7 Å². The van der Waals surface area contributed by atoms with Crippen LogP contribution >= 0.6 is 0 Å². The molecule has 0 heterocycles. The maximum atomic E-state index is 2.89. The van der Waals surface area contributed by atoms with Gasteiger partial charge in [-0.25, -0.2) is 0 Å². The summed E-state index contributed by atoms with van der Waals surface area (Å²) in [7, 11) is 0. The molecule has 0 aliphatic carbocycles. The van der Waals surface area contributed by atoms with Gasteiger partial charge in [-0.05, 0) is 0 Å². The van der Waals surface area contributed by atoms with Crippen molar-refractivity contribution in [2.45, 2.75) is 0 Å². The first-order valence-corrected chi connectivity index (χ1v) is 1.91. The summed E-state index contributed by atoms with van der Waals surface area (Å²) < 4.78 is 0. The van der Waals surface area contributed by atoms with E-state index in [2.05, 4.69) is 6.07 Å². The van der Waals surface area contributed by atoms with Crippen LogP contribution in [0.25, 0.3) is 0 Å². The Kier molecular flexibility index (Phi) is 12.3. The Bertz CT molecular complexity index is 80.5. The van der Waals surface area contributed by atoms with Gasteiger partial charge < -0.3 is 24.0 Å². The van der Waals surface area contributed by atoms with Crippen molar-refractivity contribution in [2.75, 3.05) is 0 Å². The summed E-state index contributed by atoms with van der Waals surface area (Å²) in [6.07, 6.45) is 0. The maximum Gasteiger partial charge on any atom is 2.00 e. The number of benzene rings is 1. The molecule has 0 unspecified atom stereocenters. The molecule has 0 spiro atoms. The van der Waals surface area contributed by atoms with Crippen LogP contribution in [-0.2, 0) is 0 Å². The fourth-order valence-corrected chi connectivity index (χ4v) is 0.342. The molecule has 0 aliphatic heterocycles. The van der Waals surface area contributed by atoms with E-state index >= 15 is 0 Å². The molecule has 0 bridgehead atoms. The van der Waals surface area contributed by atoms with Crippen LogP contribution in [0.3, 0.4) is 0 Å². The fourth-order valence-electron chi connectivity index (χ4n) is 0.342. The first-order valence-electron chi connectivity index (χ1n) is 1.91. The van der Waals surface area contributed by atoms with Crippen LogP contribution in [0.4, 0.5) is 0 Å². The van der Waals surface area contributed by atoms with E-state index in [1.54, 1.807) is 0 Å². The van der Waals surface area contributed by atoms with Crippen molar-refractivity contribution in [3.8, 4) is 0 Å². The Balaban J connectivity index is 0. The quantitative estimate of drug-likeness (QED) is 0.284. The number of hydrogen-bond donors (Lipinski definition) is 0. The average Bonchev–Trinajstić information content (AvgIpc) is 1.72. The molecule has 8 heavy (non-hydrogen) atoms. The van der Waals surface area contributed by atoms with Crippen LogP contribution < -0.4 is 24.0 Å². The minimum absolute atomic E-state index is 0. The molecule has 0 saturated carbocycles. The molecular formula is C6H5CaI. The van der Waals surface area contributed by atoms with Crippen molar-refractivity contribution < 1.29 is 24.0 Å². The van der Waals surface area contributed by atoms with E-state index in [-0.39, 0.29) is 61.7 Å². The zero-order valence-electron chi connectivity index (χ0n) is 4.47. The van der Waals surface area contributed by atoms with Gasteiger partial charge in [0, 0.05) is 0 Å². The van der Waals surface area contributed by atoms with E-state index in [9.17, 15) is 0 Å². The second-order valence-electron chi connectivity index (χ2n) is 1.08. The maximum absolute atomic E-state index is 2.89. The topological polar surface area (TPSA) is 0 Å².